The second kappa shape index (κ2) is 7.74. The molecule has 0 radical (unpaired) electrons. The average molecular weight is 344 g/mol. The molecule has 0 aliphatic carbocycles. The van der Waals surface area contributed by atoms with Crippen LogP contribution in [-0.4, -0.2) is 30.4 Å². The minimum absolute atomic E-state index is 0.753. The van der Waals surface area contributed by atoms with Crippen LogP contribution in [0.3, 0.4) is 0 Å². The summed E-state index contributed by atoms with van der Waals surface area (Å²) in [5, 5.41) is 14.7. The topological polar surface area (TPSA) is 83.1 Å². The molecule has 6 nitrogen and oxygen atoms in total. The standard InChI is InChI=1S/C20H20N6/c1-3-9-15(10-4-1)19-21-17(23-25-19)13-7-8-14-18-22-20(26-24-18)16-11-5-2-6-12-16/h1-6,9-12H,7-8,13-14H2,(H,21,23,25)(H,22,24,26). The van der Waals surface area contributed by atoms with Crippen LogP contribution in [0.1, 0.15) is 24.5 Å². The Labute approximate surface area is 151 Å². The Morgan fingerprint density at radius 1 is 0.577 bits per heavy atom. The molecular formula is C20H20N6. The molecule has 6 heteroatoms. The van der Waals surface area contributed by atoms with Crippen LogP contribution in [0.5, 0.6) is 0 Å². The van der Waals surface area contributed by atoms with E-state index in [1.165, 1.54) is 0 Å². The zero-order valence-electron chi connectivity index (χ0n) is 14.4. The molecule has 2 aromatic heterocycles. The van der Waals surface area contributed by atoms with Crippen LogP contribution in [0.15, 0.2) is 60.7 Å². The number of nitrogens with zero attached hydrogens (tertiary/aromatic N) is 4. The van der Waals surface area contributed by atoms with Crippen molar-refractivity contribution in [2.24, 2.45) is 0 Å². The van der Waals surface area contributed by atoms with Gasteiger partial charge < -0.3 is 0 Å². The summed E-state index contributed by atoms with van der Waals surface area (Å²) in [4.78, 5) is 9.13. The van der Waals surface area contributed by atoms with Gasteiger partial charge >= 0.3 is 0 Å². The van der Waals surface area contributed by atoms with Crippen molar-refractivity contribution in [1.29, 1.82) is 0 Å². The molecule has 130 valence electrons. The van der Waals surface area contributed by atoms with Gasteiger partial charge in [0.05, 0.1) is 0 Å². The first-order valence-electron chi connectivity index (χ1n) is 8.82. The number of aromatic amines is 2. The minimum Gasteiger partial charge on any atom is -0.263 e. The summed E-state index contributed by atoms with van der Waals surface area (Å²) in [6, 6.07) is 20.0. The number of aryl methyl sites for hydroxylation is 2. The van der Waals surface area contributed by atoms with E-state index < -0.39 is 0 Å². The fourth-order valence-corrected chi connectivity index (χ4v) is 2.83. The molecule has 0 unspecified atom stereocenters. The number of hydrogen-bond acceptors (Lipinski definition) is 4. The third kappa shape index (κ3) is 3.85. The SMILES string of the molecule is c1ccc(-c2n[nH]c(CCCCc3nc(-c4ccccc4)n[nH]3)n2)cc1. The van der Waals surface area contributed by atoms with Crippen molar-refractivity contribution in [3.8, 4) is 22.8 Å². The van der Waals surface area contributed by atoms with Gasteiger partial charge in [-0.3, -0.25) is 10.2 Å². The molecule has 0 saturated carbocycles. The lowest BCUT2D eigenvalue weighted by Crippen LogP contribution is -1.93. The summed E-state index contributed by atoms with van der Waals surface area (Å²) in [5.74, 6) is 3.35. The second-order valence-electron chi connectivity index (χ2n) is 6.15. The van der Waals surface area contributed by atoms with E-state index in [4.69, 9.17) is 0 Å². The lowest BCUT2D eigenvalue weighted by molar-refractivity contribution is 0.690. The van der Waals surface area contributed by atoms with Gasteiger partial charge in [-0.25, -0.2) is 9.97 Å². The number of hydrogen-bond donors (Lipinski definition) is 2. The van der Waals surface area contributed by atoms with Gasteiger partial charge in [-0.15, -0.1) is 0 Å². The van der Waals surface area contributed by atoms with Crippen LogP contribution in [0.4, 0.5) is 0 Å². The normalized spacial score (nSPS) is 10.9. The monoisotopic (exact) mass is 344 g/mol. The van der Waals surface area contributed by atoms with Crippen LogP contribution in [0, 0.1) is 0 Å². The summed E-state index contributed by atoms with van der Waals surface area (Å²) in [6.07, 6.45) is 3.79. The first-order chi connectivity index (χ1) is 12.9. The molecule has 4 aromatic rings. The zero-order chi connectivity index (χ0) is 17.6. The molecule has 0 amide bonds. The highest BCUT2D eigenvalue weighted by atomic mass is 15.2. The van der Waals surface area contributed by atoms with Crippen molar-refractivity contribution in [3.63, 3.8) is 0 Å². The van der Waals surface area contributed by atoms with Gasteiger partial charge in [-0.1, -0.05) is 60.7 Å². The molecular weight excluding hydrogens is 324 g/mol. The lowest BCUT2D eigenvalue weighted by atomic mass is 10.2. The zero-order valence-corrected chi connectivity index (χ0v) is 14.4. The third-order valence-electron chi connectivity index (χ3n) is 4.20. The average Bonchev–Trinajstić information content (AvgIpc) is 3.37. The molecule has 0 aliphatic heterocycles. The predicted molar refractivity (Wildman–Crippen MR) is 100 cm³/mol. The van der Waals surface area contributed by atoms with Gasteiger partial charge in [0.15, 0.2) is 11.6 Å². The molecule has 0 fully saturated rings. The van der Waals surface area contributed by atoms with Gasteiger partial charge in [0.1, 0.15) is 11.6 Å². The lowest BCUT2D eigenvalue weighted by Gasteiger charge is -1.96. The molecule has 2 aromatic carbocycles. The summed E-state index contributed by atoms with van der Waals surface area (Å²) in [5.41, 5.74) is 2.07. The van der Waals surface area contributed by atoms with Crippen molar-refractivity contribution in [2.75, 3.05) is 0 Å². The Balaban J connectivity index is 1.27. The number of H-pyrrole nitrogens is 2. The number of aromatic nitrogens is 6. The van der Waals surface area contributed by atoms with Crippen LogP contribution in [0.2, 0.25) is 0 Å². The molecule has 0 atom stereocenters. The Bertz CT molecular complexity index is 863. The fraction of sp³-hybridized carbons (Fsp3) is 0.200. The molecule has 0 spiro atoms. The number of unbranched alkanes of at least 4 members (excludes halogenated alkanes) is 1. The molecule has 0 bridgehead atoms. The van der Waals surface area contributed by atoms with Crippen molar-refractivity contribution >= 4 is 0 Å². The summed E-state index contributed by atoms with van der Waals surface area (Å²) in [6.45, 7) is 0. The second-order valence-corrected chi connectivity index (χ2v) is 6.15. The summed E-state index contributed by atoms with van der Waals surface area (Å²) >= 11 is 0. The molecule has 2 heterocycles. The Hall–Kier alpha value is -3.28. The fourth-order valence-electron chi connectivity index (χ4n) is 2.83. The van der Waals surface area contributed by atoms with Crippen LogP contribution in [0.25, 0.3) is 22.8 Å². The molecule has 4 rings (SSSR count). The number of rotatable bonds is 7. The van der Waals surface area contributed by atoms with Gasteiger partial charge in [0.2, 0.25) is 0 Å². The highest BCUT2D eigenvalue weighted by molar-refractivity contribution is 5.54. The van der Waals surface area contributed by atoms with Crippen molar-refractivity contribution in [2.45, 2.75) is 25.7 Å². The smallest absolute Gasteiger partial charge is 0.181 e. The van der Waals surface area contributed by atoms with E-state index in [0.29, 0.717) is 0 Å². The maximum Gasteiger partial charge on any atom is 0.181 e. The molecule has 26 heavy (non-hydrogen) atoms. The highest BCUT2D eigenvalue weighted by Crippen LogP contribution is 2.15. The first kappa shape index (κ1) is 16.2. The van der Waals surface area contributed by atoms with Gasteiger partial charge in [-0.05, 0) is 12.8 Å². The van der Waals surface area contributed by atoms with Crippen LogP contribution >= 0.6 is 0 Å². The van der Waals surface area contributed by atoms with E-state index >= 15 is 0 Å². The molecule has 0 aliphatic rings. The van der Waals surface area contributed by atoms with Gasteiger partial charge in [-0.2, -0.15) is 10.2 Å². The van der Waals surface area contributed by atoms with Gasteiger partial charge in [0, 0.05) is 24.0 Å². The Morgan fingerprint density at radius 3 is 1.42 bits per heavy atom. The number of benzene rings is 2. The van der Waals surface area contributed by atoms with E-state index in [9.17, 15) is 0 Å². The van der Waals surface area contributed by atoms with E-state index in [0.717, 1.165) is 60.1 Å². The third-order valence-corrected chi connectivity index (χ3v) is 4.20. The van der Waals surface area contributed by atoms with E-state index in [2.05, 4.69) is 30.4 Å². The molecule has 0 saturated heterocycles. The van der Waals surface area contributed by atoms with Crippen molar-refractivity contribution < 1.29 is 0 Å². The Morgan fingerprint density at radius 2 is 1.00 bits per heavy atom. The minimum atomic E-state index is 0.753. The summed E-state index contributed by atoms with van der Waals surface area (Å²) in [7, 11) is 0. The molecule has 2 N–H and O–H groups in total. The highest BCUT2D eigenvalue weighted by Gasteiger charge is 2.07. The van der Waals surface area contributed by atoms with E-state index in [-0.39, 0.29) is 0 Å². The van der Waals surface area contributed by atoms with Crippen molar-refractivity contribution in [1.82, 2.24) is 30.4 Å². The van der Waals surface area contributed by atoms with Crippen LogP contribution < -0.4 is 0 Å². The van der Waals surface area contributed by atoms with Crippen LogP contribution in [-0.2, 0) is 12.8 Å². The quantitative estimate of drug-likeness (QED) is 0.499. The van der Waals surface area contributed by atoms with E-state index in [1.807, 2.05) is 60.7 Å². The predicted octanol–water partition coefficient (Wildman–Crippen LogP) is 3.82. The van der Waals surface area contributed by atoms with Crippen molar-refractivity contribution in [3.05, 3.63) is 72.3 Å². The summed E-state index contributed by atoms with van der Waals surface area (Å²) < 4.78 is 0. The van der Waals surface area contributed by atoms with Gasteiger partial charge in [0.25, 0.3) is 0 Å². The van der Waals surface area contributed by atoms with E-state index in [1.54, 1.807) is 0 Å². The maximum absolute atomic E-state index is 4.57. The largest absolute Gasteiger partial charge is 0.263 e. The first-order valence-corrected chi connectivity index (χ1v) is 8.82. The maximum atomic E-state index is 4.57. The number of nitrogens with one attached hydrogen (secondary N) is 2. The Kier molecular flexibility index (Phi) is 4.82.